The zero-order valence-electron chi connectivity index (χ0n) is 12.9. The molecule has 2 atom stereocenters. The van der Waals surface area contributed by atoms with Crippen molar-refractivity contribution in [2.45, 2.75) is 58.8 Å². The van der Waals surface area contributed by atoms with Crippen LogP contribution in [0.15, 0.2) is 24.3 Å². The summed E-state index contributed by atoms with van der Waals surface area (Å²) in [6.07, 6.45) is -0.341. The quantitative estimate of drug-likeness (QED) is 0.871. The molecule has 4 nitrogen and oxygen atoms in total. The maximum absolute atomic E-state index is 11.9. The number of aliphatic hydroxyl groups is 1. The molecule has 0 fully saturated rings. The number of aliphatic hydroxyl groups excluding tert-OH is 1. The summed E-state index contributed by atoms with van der Waals surface area (Å²) in [5.41, 5.74) is 0.579. The molecule has 0 aliphatic carbocycles. The lowest BCUT2D eigenvalue weighted by molar-refractivity contribution is -0.128. The zero-order chi connectivity index (χ0) is 15.3. The SMILES string of the molecule is CC[C@H](O)c1ccc(OC(C)C(=O)NC(C)(C)C)cc1. The Morgan fingerprint density at radius 1 is 1.30 bits per heavy atom. The van der Waals surface area contributed by atoms with E-state index in [9.17, 15) is 9.90 Å². The molecule has 1 aromatic carbocycles. The maximum Gasteiger partial charge on any atom is 0.261 e. The van der Waals surface area contributed by atoms with E-state index >= 15 is 0 Å². The van der Waals surface area contributed by atoms with Gasteiger partial charge in [0.25, 0.3) is 5.91 Å². The van der Waals surface area contributed by atoms with Crippen LogP contribution in [0, 0.1) is 0 Å². The molecular weight excluding hydrogens is 254 g/mol. The summed E-state index contributed by atoms with van der Waals surface area (Å²) >= 11 is 0. The average molecular weight is 279 g/mol. The van der Waals surface area contributed by atoms with Crippen molar-refractivity contribution in [3.05, 3.63) is 29.8 Å². The van der Waals surface area contributed by atoms with Crippen LogP contribution in [0.2, 0.25) is 0 Å². The number of amides is 1. The normalized spacial score (nSPS) is 14.5. The Hall–Kier alpha value is -1.55. The Bertz CT molecular complexity index is 434. The van der Waals surface area contributed by atoms with Crippen molar-refractivity contribution in [2.75, 3.05) is 0 Å². The number of rotatable bonds is 5. The van der Waals surface area contributed by atoms with Crippen molar-refractivity contribution in [1.82, 2.24) is 5.32 Å². The van der Waals surface area contributed by atoms with Gasteiger partial charge in [-0.2, -0.15) is 0 Å². The Balaban J connectivity index is 2.62. The zero-order valence-corrected chi connectivity index (χ0v) is 12.9. The molecule has 0 bridgehead atoms. The first-order chi connectivity index (χ1) is 9.23. The first-order valence-corrected chi connectivity index (χ1v) is 6.99. The minimum Gasteiger partial charge on any atom is -0.481 e. The van der Waals surface area contributed by atoms with Crippen LogP contribution in [0.4, 0.5) is 0 Å². The number of hydrogen-bond acceptors (Lipinski definition) is 3. The van der Waals surface area contributed by atoms with Gasteiger partial charge >= 0.3 is 0 Å². The molecule has 2 N–H and O–H groups in total. The van der Waals surface area contributed by atoms with Gasteiger partial charge in [0.2, 0.25) is 0 Å². The van der Waals surface area contributed by atoms with Gasteiger partial charge in [-0.3, -0.25) is 4.79 Å². The summed E-state index contributed by atoms with van der Waals surface area (Å²) in [5.74, 6) is 0.476. The molecule has 112 valence electrons. The van der Waals surface area contributed by atoms with Gasteiger partial charge in [0, 0.05) is 5.54 Å². The summed E-state index contributed by atoms with van der Waals surface area (Å²) in [6.45, 7) is 9.43. The van der Waals surface area contributed by atoms with Gasteiger partial charge in [-0.05, 0) is 51.8 Å². The van der Waals surface area contributed by atoms with E-state index in [1.165, 1.54) is 0 Å². The van der Waals surface area contributed by atoms with Crippen LogP contribution in [0.5, 0.6) is 5.75 Å². The standard InChI is InChI=1S/C16H25NO3/c1-6-14(18)12-7-9-13(10-8-12)20-11(2)15(19)17-16(3,4)5/h7-11,14,18H,6H2,1-5H3,(H,17,19)/t11?,14-/m0/s1. The van der Waals surface area contributed by atoms with Gasteiger partial charge in [-0.15, -0.1) is 0 Å². The van der Waals surface area contributed by atoms with Crippen molar-refractivity contribution in [3.8, 4) is 5.75 Å². The van der Waals surface area contributed by atoms with Crippen LogP contribution < -0.4 is 10.1 Å². The van der Waals surface area contributed by atoms with Gasteiger partial charge in [-0.1, -0.05) is 19.1 Å². The predicted octanol–water partition coefficient (Wildman–Crippen LogP) is 2.81. The van der Waals surface area contributed by atoms with Crippen LogP contribution in [0.1, 0.15) is 52.7 Å². The largest absolute Gasteiger partial charge is 0.481 e. The number of nitrogens with one attached hydrogen (secondary N) is 1. The maximum atomic E-state index is 11.9. The van der Waals surface area contributed by atoms with Gasteiger partial charge in [0.05, 0.1) is 6.10 Å². The molecule has 1 amide bonds. The van der Waals surface area contributed by atoms with Crippen molar-refractivity contribution in [2.24, 2.45) is 0 Å². The first-order valence-electron chi connectivity index (χ1n) is 6.99. The minimum absolute atomic E-state index is 0.143. The van der Waals surface area contributed by atoms with Crippen molar-refractivity contribution in [1.29, 1.82) is 0 Å². The van der Waals surface area contributed by atoms with E-state index in [2.05, 4.69) is 5.32 Å². The molecule has 4 heteroatoms. The summed E-state index contributed by atoms with van der Waals surface area (Å²) in [7, 11) is 0. The highest BCUT2D eigenvalue weighted by atomic mass is 16.5. The number of ether oxygens (including phenoxy) is 1. The molecule has 1 unspecified atom stereocenters. The van der Waals surface area contributed by atoms with E-state index in [4.69, 9.17) is 4.74 Å². The monoisotopic (exact) mass is 279 g/mol. The highest BCUT2D eigenvalue weighted by molar-refractivity contribution is 5.81. The van der Waals surface area contributed by atoms with Gasteiger partial charge < -0.3 is 15.2 Å². The Morgan fingerprint density at radius 3 is 2.30 bits per heavy atom. The molecule has 0 radical (unpaired) electrons. The van der Waals surface area contributed by atoms with E-state index in [1.807, 2.05) is 39.8 Å². The molecule has 0 saturated heterocycles. The second-order valence-electron chi connectivity index (χ2n) is 5.99. The number of carbonyl (C=O) groups excluding carboxylic acids is 1. The Morgan fingerprint density at radius 2 is 1.85 bits per heavy atom. The number of carbonyl (C=O) groups is 1. The molecule has 0 saturated carbocycles. The lowest BCUT2D eigenvalue weighted by atomic mass is 10.1. The topological polar surface area (TPSA) is 58.6 Å². The number of benzene rings is 1. The van der Waals surface area contributed by atoms with Crippen LogP contribution >= 0.6 is 0 Å². The second kappa shape index (κ2) is 6.75. The van der Waals surface area contributed by atoms with E-state index < -0.39 is 12.2 Å². The van der Waals surface area contributed by atoms with Gasteiger partial charge in [0.1, 0.15) is 5.75 Å². The number of hydrogen-bond donors (Lipinski definition) is 2. The summed E-state index contributed by atoms with van der Waals surface area (Å²) in [6, 6.07) is 7.18. The molecule has 1 rings (SSSR count). The lowest BCUT2D eigenvalue weighted by Gasteiger charge is -2.23. The molecule has 0 spiro atoms. The van der Waals surface area contributed by atoms with Crippen molar-refractivity contribution >= 4 is 5.91 Å². The third kappa shape index (κ3) is 5.21. The van der Waals surface area contributed by atoms with Crippen LogP contribution in [-0.2, 0) is 4.79 Å². The second-order valence-corrected chi connectivity index (χ2v) is 5.99. The van der Waals surface area contributed by atoms with Gasteiger partial charge in [0.15, 0.2) is 6.10 Å². The fourth-order valence-electron chi connectivity index (χ4n) is 1.73. The molecule has 1 aromatic rings. The molecule has 0 aromatic heterocycles. The third-order valence-electron chi connectivity index (χ3n) is 2.83. The molecule has 0 heterocycles. The molecule has 0 aliphatic heterocycles. The van der Waals surface area contributed by atoms with Crippen molar-refractivity contribution in [3.63, 3.8) is 0 Å². The van der Waals surface area contributed by atoms with Crippen LogP contribution in [0.3, 0.4) is 0 Å². The van der Waals surface area contributed by atoms with Crippen LogP contribution in [-0.4, -0.2) is 22.7 Å². The summed E-state index contributed by atoms with van der Waals surface area (Å²) in [4.78, 5) is 11.9. The van der Waals surface area contributed by atoms with E-state index in [-0.39, 0.29) is 11.4 Å². The van der Waals surface area contributed by atoms with Gasteiger partial charge in [-0.25, -0.2) is 0 Å². The minimum atomic E-state index is -0.559. The molecule has 0 aliphatic rings. The van der Waals surface area contributed by atoms with Crippen molar-refractivity contribution < 1.29 is 14.6 Å². The highest BCUT2D eigenvalue weighted by Gasteiger charge is 2.20. The lowest BCUT2D eigenvalue weighted by Crippen LogP contribution is -2.46. The summed E-state index contributed by atoms with van der Waals surface area (Å²) < 4.78 is 5.60. The smallest absolute Gasteiger partial charge is 0.261 e. The highest BCUT2D eigenvalue weighted by Crippen LogP contribution is 2.20. The summed E-state index contributed by atoms with van der Waals surface area (Å²) in [5, 5.41) is 12.6. The first kappa shape index (κ1) is 16.5. The fourth-order valence-corrected chi connectivity index (χ4v) is 1.73. The molecular formula is C16H25NO3. The molecule has 20 heavy (non-hydrogen) atoms. The average Bonchev–Trinajstić information content (AvgIpc) is 2.36. The van der Waals surface area contributed by atoms with E-state index in [0.29, 0.717) is 12.2 Å². The predicted molar refractivity (Wildman–Crippen MR) is 79.7 cm³/mol. The van der Waals surface area contributed by atoms with E-state index in [0.717, 1.165) is 5.56 Å². The Kier molecular flexibility index (Phi) is 5.57. The van der Waals surface area contributed by atoms with Crippen LogP contribution in [0.25, 0.3) is 0 Å². The Labute approximate surface area is 121 Å². The fraction of sp³-hybridized carbons (Fsp3) is 0.562. The third-order valence-corrected chi connectivity index (χ3v) is 2.83. The van der Waals surface area contributed by atoms with E-state index in [1.54, 1.807) is 19.1 Å².